The van der Waals surface area contributed by atoms with E-state index in [-0.39, 0.29) is 15.9 Å². The lowest BCUT2D eigenvalue weighted by molar-refractivity contribution is -0.142. The maximum absolute atomic E-state index is 10.9. The van der Waals surface area contributed by atoms with Crippen molar-refractivity contribution < 1.29 is 19.1 Å². The first-order valence-electron chi connectivity index (χ1n) is 5.72. The SMILES string of the molecule is C=CC(=O)OCC.CCOC(=O)C(I)CCI.ICI. The highest BCUT2D eigenvalue weighted by atomic mass is 127. The number of carbonyl (C=O) groups excluding carboxylic acids is 2. The molecule has 0 saturated heterocycles. The average molecular weight is 736 g/mol. The Balaban J connectivity index is -0.000000251. The van der Waals surface area contributed by atoms with E-state index in [1.807, 2.05) is 6.92 Å². The second-order valence-corrected chi connectivity index (χ2v) is 9.78. The molecular formula is C12H20I4O4. The van der Waals surface area contributed by atoms with E-state index in [2.05, 4.69) is 102 Å². The predicted molar refractivity (Wildman–Crippen MR) is 118 cm³/mol. The summed E-state index contributed by atoms with van der Waals surface area (Å²) in [6.07, 6.45) is 2.05. The van der Waals surface area contributed by atoms with Gasteiger partial charge in [-0.2, -0.15) is 0 Å². The molecule has 0 aliphatic carbocycles. The van der Waals surface area contributed by atoms with Crippen LogP contribution in [0.2, 0.25) is 0 Å². The molecule has 0 heterocycles. The summed E-state index contributed by atoms with van der Waals surface area (Å²) in [5.41, 5.74) is 0. The Hall–Kier alpha value is 1.60. The lowest BCUT2D eigenvalue weighted by Crippen LogP contribution is -2.17. The normalized spacial score (nSPS) is 9.90. The minimum atomic E-state index is -0.359. The quantitative estimate of drug-likeness (QED) is 0.172. The molecule has 0 saturated carbocycles. The van der Waals surface area contributed by atoms with E-state index in [1.54, 1.807) is 6.92 Å². The van der Waals surface area contributed by atoms with E-state index in [1.165, 1.54) is 2.43 Å². The molecule has 0 bridgehead atoms. The van der Waals surface area contributed by atoms with Gasteiger partial charge in [0, 0.05) is 10.5 Å². The number of alkyl halides is 4. The molecule has 0 amide bonds. The van der Waals surface area contributed by atoms with Crippen molar-refractivity contribution in [2.75, 3.05) is 20.1 Å². The van der Waals surface area contributed by atoms with Crippen molar-refractivity contribution in [1.82, 2.24) is 0 Å². The van der Waals surface area contributed by atoms with Crippen molar-refractivity contribution in [3.8, 4) is 0 Å². The van der Waals surface area contributed by atoms with Crippen molar-refractivity contribution in [1.29, 1.82) is 0 Å². The van der Waals surface area contributed by atoms with Gasteiger partial charge < -0.3 is 9.47 Å². The second kappa shape index (κ2) is 22.9. The number of hydrogen-bond acceptors (Lipinski definition) is 4. The maximum atomic E-state index is 10.9. The van der Waals surface area contributed by atoms with Crippen molar-refractivity contribution in [2.45, 2.75) is 24.2 Å². The first kappa shape index (κ1) is 26.5. The highest BCUT2D eigenvalue weighted by Gasteiger charge is 2.13. The zero-order chi connectivity index (χ0) is 16.4. The summed E-state index contributed by atoms with van der Waals surface area (Å²) in [7, 11) is 0. The van der Waals surface area contributed by atoms with Gasteiger partial charge in [0.2, 0.25) is 0 Å². The van der Waals surface area contributed by atoms with Crippen molar-refractivity contribution in [2.24, 2.45) is 0 Å². The number of halogens is 4. The Bertz CT molecular complexity index is 250. The Kier molecular flexibility index (Phi) is 30.3. The van der Waals surface area contributed by atoms with Crippen LogP contribution in [0.25, 0.3) is 0 Å². The van der Waals surface area contributed by atoms with Crippen LogP contribution in [0, 0.1) is 0 Å². The van der Waals surface area contributed by atoms with E-state index in [0.29, 0.717) is 13.2 Å². The molecule has 8 heteroatoms. The molecular weight excluding hydrogens is 716 g/mol. The first-order chi connectivity index (χ1) is 9.44. The Morgan fingerprint density at radius 3 is 1.85 bits per heavy atom. The van der Waals surface area contributed by atoms with E-state index in [9.17, 15) is 9.59 Å². The topological polar surface area (TPSA) is 52.6 Å². The van der Waals surface area contributed by atoms with Crippen LogP contribution in [0.5, 0.6) is 0 Å². The molecule has 4 nitrogen and oxygen atoms in total. The smallest absolute Gasteiger partial charge is 0.330 e. The summed E-state index contributed by atoms with van der Waals surface area (Å²) >= 11 is 8.91. The molecule has 0 radical (unpaired) electrons. The summed E-state index contributed by atoms with van der Waals surface area (Å²) in [5.74, 6) is -0.442. The van der Waals surface area contributed by atoms with Gasteiger partial charge in [-0.15, -0.1) is 0 Å². The van der Waals surface area contributed by atoms with Crippen LogP contribution < -0.4 is 0 Å². The number of carbonyl (C=O) groups is 2. The third kappa shape index (κ3) is 24.6. The van der Waals surface area contributed by atoms with Crippen molar-refractivity contribution in [3.05, 3.63) is 12.7 Å². The molecule has 0 aromatic heterocycles. The minimum absolute atomic E-state index is 0.0365. The van der Waals surface area contributed by atoms with Gasteiger partial charge in [-0.3, -0.25) is 4.79 Å². The van der Waals surface area contributed by atoms with Crippen LogP contribution in [0.4, 0.5) is 0 Å². The molecule has 0 aromatic rings. The molecule has 0 aromatic carbocycles. The Labute approximate surface area is 176 Å². The highest BCUT2D eigenvalue weighted by molar-refractivity contribution is 14.2. The summed E-state index contributed by atoms with van der Waals surface area (Å²) in [4.78, 5) is 21.0. The number of esters is 2. The van der Waals surface area contributed by atoms with Gasteiger partial charge in [-0.25, -0.2) is 4.79 Å². The molecule has 1 atom stereocenters. The summed E-state index contributed by atoms with van der Waals surface area (Å²) in [5, 5.41) is 0. The van der Waals surface area contributed by atoms with Crippen LogP contribution >= 0.6 is 90.4 Å². The number of hydrogen-bond donors (Lipinski definition) is 0. The van der Waals surface area contributed by atoms with Crippen LogP contribution in [0.15, 0.2) is 12.7 Å². The van der Waals surface area contributed by atoms with Crippen molar-refractivity contribution >= 4 is 102 Å². The molecule has 120 valence electrons. The summed E-state index contributed by atoms with van der Waals surface area (Å²) in [6, 6.07) is 0. The monoisotopic (exact) mass is 736 g/mol. The third-order valence-corrected chi connectivity index (χ3v) is 3.11. The van der Waals surface area contributed by atoms with Gasteiger partial charge in [0.25, 0.3) is 0 Å². The van der Waals surface area contributed by atoms with Gasteiger partial charge in [0.1, 0.15) is 3.92 Å². The van der Waals surface area contributed by atoms with Crippen LogP contribution in [-0.4, -0.2) is 35.9 Å². The van der Waals surface area contributed by atoms with Crippen LogP contribution in [0.3, 0.4) is 0 Å². The predicted octanol–water partition coefficient (Wildman–Crippen LogP) is 4.73. The fraction of sp³-hybridized carbons (Fsp3) is 0.667. The zero-order valence-corrected chi connectivity index (χ0v) is 20.2. The van der Waals surface area contributed by atoms with E-state index >= 15 is 0 Å². The Morgan fingerprint density at radius 2 is 1.60 bits per heavy atom. The van der Waals surface area contributed by atoms with Gasteiger partial charge in [-0.1, -0.05) is 96.9 Å². The lowest BCUT2D eigenvalue weighted by atomic mass is 10.3. The first-order valence-corrected chi connectivity index (χ1v) is 11.5. The molecule has 0 aliphatic rings. The standard InChI is InChI=1S/C6H10I2O2.C5H8O2.CH2I2/c1-2-10-6(9)5(8)3-4-7;1-3-5(6)7-4-2;2-1-3/h5H,2-4H2,1H3;3H,1,4H2,2H3;1H2. The maximum Gasteiger partial charge on any atom is 0.330 e. The van der Waals surface area contributed by atoms with Gasteiger partial charge in [0.05, 0.1) is 15.6 Å². The van der Waals surface area contributed by atoms with Crippen LogP contribution in [-0.2, 0) is 19.1 Å². The molecule has 0 rings (SSSR count). The zero-order valence-electron chi connectivity index (χ0n) is 11.5. The summed E-state index contributed by atoms with van der Waals surface area (Å²) < 4.78 is 11.5. The highest BCUT2D eigenvalue weighted by Crippen LogP contribution is 2.09. The van der Waals surface area contributed by atoms with Crippen molar-refractivity contribution in [3.63, 3.8) is 0 Å². The molecule has 0 spiro atoms. The van der Waals surface area contributed by atoms with Gasteiger partial charge in [0.15, 0.2) is 0 Å². The van der Waals surface area contributed by atoms with Gasteiger partial charge in [-0.05, 0) is 20.3 Å². The van der Waals surface area contributed by atoms with E-state index < -0.39 is 0 Å². The third-order valence-electron chi connectivity index (χ3n) is 1.36. The lowest BCUT2D eigenvalue weighted by Gasteiger charge is -2.05. The minimum Gasteiger partial charge on any atom is -0.465 e. The Morgan fingerprint density at radius 1 is 1.15 bits per heavy atom. The largest absolute Gasteiger partial charge is 0.465 e. The summed E-state index contributed by atoms with van der Waals surface area (Å²) in [6.45, 7) is 7.69. The number of ether oxygens (including phenoxy) is 2. The molecule has 1 unspecified atom stereocenters. The molecule has 0 aliphatic heterocycles. The van der Waals surface area contributed by atoms with E-state index in [0.717, 1.165) is 16.9 Å². The second-order valence-electron chi connectivity index (χ2n) is 2.75. The fourth-order valence-corrected chi connectivity index (χ4v) is 2.95. The average Bonchev–Trinajstić information content (AvgIpc) is 2.41. The molecule has 20 heavy (non-hydrogen) atoms. The molecule has 0 N–H and O–H groups in total. The van der Waals surface area contributed by atoms with E-state index in [4.69, 9.17) is 4.74 Å². The van der Waals surface area contributed by atoms with Crippen LogP contribution in [0.1, 0.15) is 20.3 Å². The number of rotatable bonds is 6. The van der Waals surface area contributed by atoms with Gasteiger partial charge >= 0.3 is 11.9 Å². The molecule has 0 fully saturated rings. The fourth-order valence-electron chi connectivity index (χ4n) is 0.648.